The summed E-state index contributed by atoms with van der Waals surface area (Å²) in [6.45, 7) is 2.27. The van der Waals surface area contributed by atoms with E-state index in [1.165, 1.54) is 83.5 Å². The standard InChI is InChI=1S/C22H41NO/c1-2-3-4-5-6-7-8-9-10-11-12-13-14-15-16-17-18-19-20-21-22(23)24/h9-10,18-19H,2-8,11-17,20-21H2,1H3,(H2,23,24)/b10-9+,19-18+. The lowest BCUT2D eigenvalue weighted by Crippen LogP contribution is -2.08. The Kier molecular flexibility index (Phi) is 19.1. The van der Waals surface area contributed by atoms with Gasteiger partial charge in [-0.1, -0.05) is 82.6 Å². The van der Waals surface area contributed by atoms with E-state index >= 15 is 0 Å². The summed E-state index contributed by atoms with van der Waals surface area (Å²) in [6, 6.07) is 0. The second kappa shape index (κ2) is 20.0. The summed E-state index contributed by atoms with van der Waals surface area (Å²) in [5, 5.41) is 0. The molecule has 0 aliphatic heterocycles. The van der Waals surface area contributed by atoms with Gasteiger partial charge in [0.15, 0.2) is 0 Å². The van der Waals surface area contributed by atoms with Crippen molar-refractivity contribution in [2.24, 2.45) is 5.73 Å². The third-order valence-corrected chi connectivity index (χ3v) is 4.36. The smallest absolute Gasteiger partial charge is 0.217 e. The maximum Gasteiger partial charge on any atom is 0.217 e. The average molecular weight is 336 g/mol. The molecule has 2 nitrogen and oxygen atoms in total. The SMILES string of the molecule is CCCCCCCC/C=C/CCCCCCC/C=C/CCC(N)=O. The molecule has 24 heavy (non-hydrogen) atoms. The van der Waals surface area contributed by atoms with E-state index in [2.05, 4.69) is 31.2 Å². The predicted octanol–water partition coefficient (Wildman–Crippen LogP) is 6.85. The molecule has 2 heteroatoms. The van der Waals surface area contributed by atoms with Crippen LogP contribution in [0.5, 0.6) is 0 Å². The van der Waals surface area contributed by atoms with Crippen molar-refractivity contribution < 1.29 is 4.79 Å². The number of hydrogen-bond acceptors (Lipinski definition) is 1. The fourth-order valence-corrected chi connectivity index (χ4v) is 2.79. The van der Waals surface area contributed by atoms with Crippen molar-refractivity contribution in [1.82, 2.24) is 0 Å². The van der Waals surface area contributed by atoms with Gasteiger partial charge in [0.2, 0.25) is 5.91 Å². The normalized spacial score (nSPS) is 11.7. The minimum Gasteiger partial charge on any atom is -0.370 e. The number of unbranched alkanes of at least 4 members (excludes halogenated alkanes) is 12. The minimum absolute atomic E-state index is 0.208. The van der Waals surface area contributed by atoms with Crippen LogP contribution in [-0.2, 0) is 4.79 Å². The van der Waals surface area contributed by atoms with Gasteiger partial charge in [-0.2, -0.15) is 0 Å². The van der Waals surface area contributed by atoms with Crippen molar-refractivity contribution >= 4 is 5.91 Å². The molecule has 0 saturated carbocycles. The van der Waals surface area contributed by atoms with Gasteiger partial charge in [-0.15, -0.1) is 0 Å². The molecule has 0 atom stereocenters. The van der Waals surface area contributed by atoms with Crippen molar-refractivity contribution in [3.8, 4) is 0 Å². The van der Waals surface area contributed by atoms with E-state index in [-0.39, 0.29) is 5.91 Å². The Morgan fingerprint density at radius 1 is 0.625 bits per heavy atom. The second-order valence-electron chi connectivity index (χ2n) is 6.85. The summed E-state index contributed by atoms with van der Waals surface area (Å²) >= 11 is 0. The highest BCUT2D eigenvalue weighted by Gasteiger charge is 1.91. The topological polar surface area (TPSA) is 43.1 Å². The van der Waals surface area contributed by atoms with Gasteiger partial charge in [0.1, 0.15) is 0 Å². The van der Waals surface area contributed by atoms with E-state index in [4.69, 9.17) is 5.73 Å². The highest BCUT2D eigenvalue weighted by atomic mass is 16.1. The van der Waals surface area contributed by atoms with Gasteiger partial charge in [-0.25, -0.2) is 0 Å². The first-order valence-electron chi connectivity index (χ1n) is 10.4. The maximum absolute atomic E-state index is 10.6. The minimum atomic E-state index is -0.208. The molecular weight excluding hydrogens is 294 g/mol. The fourth-order valence-electron chi connectivity index (χ4n) is 2.79. The summed E-state index contributed by atoms with van der Waals surface area (Å²) in [5.41, 5.74) is 5.09. The van der Waals surface area contributed by atoms with Gasteiger partial charge in [0, 0.05) is 6.42 Å². The molecule has 0 aromatic rings. The zero-order chi connectivity index (χ0) is 17.7. The molecule has 140 valence electrons. The lowest BCUT2D eigenvalue weighted by atomic mass is 10.1. The highest BCUT2D eigenvalue weighted by Crippen LogP contribution is 2.10. The monoisotopic (exact) mass is 335 g/mol. The molecule has 0 heterocycles. The van der Waals surface area contributed by atoms with Crippen LogP contribution in [0.2, 0.25) is 0 Å². The summed E-state index contributed by atoms with van der Waals surface area (Å²) in [6.07, 6.45) is 28.9. The molecule has 0 aliphatic rings. The molecule has 0 aliphatic carbocycles. The molecule has 0 rings (SSSR count). The molecule has 0 fully saturated rings. The Balaban J connectivity index is 3.14. The van der Waals surface area contributed by atoms with Crippen LogP contribution < -0.4 is 5.73 Å². The molecule has 0 radical (unpaired) electrons. The Labute approximate surface area is 151 Å². The summed E-state index contributed by atoms with van der Waals surface area (Å²) in [4.78, 5) is 10.6. The predicted molar refractivity (Wildman–Crippen MR) is 107 cm³/mol. The van der Waals surface area contributed by atoms with Crippen LogP contribution in [0.15, 0.2) is 24.3 Å². The van der Waals surface area contributed by atoms with Gasteiger partial charge in [0.05, 0.1) is 0 Å². The number of carbonyl (C=O) groups is 1. The van der Waals surface area contributed by atoms with E-state index in [9.17, 15) is 4.79 Å². The van der Waals surface area contributed by atoms with Gasteiger partial charge >= 0.3 is 0 Å². The Morgan fingerprint density at radius 2 is 1.00 bits per heavy atom. The van der Waals surface area contributed by atoms with Gasteiger partial charge in [-0.3, -0.25) is 4.79 Å². The van der Waals surface area contributed by atoms with Crippen molar-refractivity contribution in [2.75, 3.05) is 0 Å². The molecule has 0 spiro atoms. The maximum atomic E-state index is 10.6. The molecule has 2 N–H and O–H groups in total. The van der Waals surface area contributed by atoms with Crippen LogP contribution in [0.4, 0.5) is 0 Å². The molecule has 0 aromatic heterocycles. The molecule has 0 saturated heterocycles. The second-order valence-corrected chi connectivity index (χ2v) is 6.85. The molecule has 0 unspecified atom stereocenters. The van der Waals surface area contributed by atoms with E-state index in [1.54, 1.807) is 0 Å². The van der Waals surface area contributed by atoms with Crippen LogP contribution in [-0.4, -0.2) is 5.91 Å². The van der Waals surface area contributed by atoms with Gasteiger partial charge in [-0.05, 0) is 44.9 Å². The number of amides is 1. The van der Waals surface area contributed by atoms with Crippen molar-refractivity contribution in [2.45, 2.75) is 110 Å². The fraction of sp³-hybridized carbons (Fsp3) is 0.773. The van der Waals surface area contributed by atoms with Crippen LogP contribution in [0.3, 0.4) is 0 Å². The number of carbonyl (C=O) groups excluding carboxylic acids is 1. The number of nitrogens with two attached hydrogens (primary N) is 1. The summed E-state index contributed by atoms with van der Waals surface area (Å²) < 4.78 is 0. The molecule has 1 amide bonds. The number of allylic oxidation sites excluding steroid dienone is 4. The quantitative estimate of drug-likeness (QED) is 0.216. The first-order chi connectivity index (χ1) is 11.8. The Bertz CT molecular complexity index is 320. The van der Waals surface area contributed by atoms with Crippen LogP contribution >= 0.6 is 0 Å². The van der Waals surface area contributed by atoms with Crippen LogP contribution in [0.25, 0.3) is 0 Å². The Hall–Kier alpha value is -1.05. The highest BCUT2D eigenvalue weighted by molar-refractivity contribution is 5.73. The number of hydrogen-bond donors (Lipinski definition) is 1. The average Bonchev–Trinajstić information content (AvgIpc) is 2.56. The number of primary amides is 1. The molecule has 0 aromatic carbocycles. The van der Waals surface area contributed by atoms with Crippen LogP contribution in [0.1, 0.15) is 110 Å². The third kappa shape index (κ3) is 20.9. The van der Waals surface area contributed by atoms with E-state index in [1.807, 2.05) is 0 Å². The lowest BCUT2D eigenvalue weighted by molar-refractivity contribution is -0.117. The largest absolute Gasteiger partial charge is 0.370 e. The van der Waals surface area contributed by atoms with Crippen molar-refractivity contribution in [1.29, 1.82) is 0 Å². The number of rotatable bonds is 18. The zero-order valence-corrected chi connectivity index (χ0v) is 16.1. The summed E-state index contributed by atoms with van der Waals surface area (Å²) in [7, 11) is 0. The van der Waals surface area contributed by atoms with E-state index < -0.39 is 0 Å². The van der Waals surface area contributed by atoms with Gasteiger partial charge < -0.3 is 5.73 Å². The zero-order valence-electron chi connectivity index (χ0n) is 16.1. The van der Waals surface area contributed by atoms with Gasteiger partial charge in [0.25, 0.3) is 0 Å². The first-order valence-corrected chi connectivity index (χ1v) is 10.4. The van der Waals surface area contributed by atoms with E-state index in [0.717, 1.165) is 12.8 Å². The molecular formula is C22H41NO. The first kappa shape index (κ1) is 22.9. The summed E-state index contributed by atoms with van der Waals surface area (Å²) in [5.74, 6) is -0.208. The third-order valence-electron chi connectivity index (χ3n) is 4.36. The Morgan fingerprint density at radius 3 is 1.42 bits per heavy atom. The van der Waals surface area contributed by atoms with Crippen LogP contribution in [0, 0.1) is 0 Å². The lowest BCUT2D eigenvalue weighted by Gasteiger charge is -1.99. The van der Waals surface area contributed by atoms with Crippen molar-refractivity contribution in [3.05, 3.63) is 24.3 Å². The van der Waals surface area contributed by atoms with E-state index in [0.29, 0.717) is 6.42 Å². The molecule has 0 bridgehead atoms. The van der Waals surface area contributed by atoms with Crippen molar-refractivity contribution in [3.63, 3.8) is 0 Å².